The van der Waals surface area contributed by atoms with Crippen LogP contribution in [-0.4, -0.2) is 38.1 Å². The van der Waals surface area contributed by atoms with Crippen LogP contribution in [-0.2, 0) is 23.9 Å². The molecule has 0 unspecified atom stereocenters. The Morgan fingerprint density at radius 1 is 1.21 bits per heavy atom. The van der Waals surface area contributed by atoms with Crippen molar-refractivity contribution in [1.29, 1.82) is 0 Å². The first-order chi connectivity index (χ1) is 8.97. The van der Waals surface area contributed by atoms with Crippen LogP contribution < -0.4 is 5.32 Å². The molecular formula is C13H19NO5. The first-order valence-corrected chi connectivity index (χ1v) is 5.84. The number of amides is 1. The molecule has 0 fully saturated rings. The lowest BCUT2D eigenvalue weighted by atomic mass is 10.3. The second-order valence-corrected chi connectivity index (χ2v) is 3.77. The highest BCUT2D eigenvalue weighted by molar-refractivity contribution is 5.94. The quantitative estimate of drug-likeness (QED) is 0.399. The number of esters is 2. The number of carbonyl (C=O) groups is 3. The molecule has 0 aromatic rings. The van der Waals surface area contributed by atoms with Gasteiger partial charge in [0, 0.05) is 24.3 Å². The molecule has 0 aliphatic rings. The highest BCUT2D eigenvalue weighted by Crippen LogP contribution is 1.95. The fourth-order valence-electron chi connectivity index (χ4n) is 0.997. The van der Waals surface area contributed by atoms with Gasteiger partial charge in [-0.1, -0.05) is 6.58 Å². The van der Waals surface area contributed by atoms with Gasteiger partial charge >= 0.3 is 11.9 Å². The van der Waals surface area contributed by atoms with E-state index in [2.05, 4.69) is 16.6 Å². The van der Waals surface area contributed by atoms with Gasteiger partial charge in [0.15, 0.2) is 0 Å². The Kier molecular flexibility index (Phi) is 8.78. The summed E-state index contributed by atoms with van der Waals surface area (Å²) in [6, 6.07) is 0. The normalized spacial score (nSPS) is 10.0. The molecule has 0 bridgehead atoms. The van der Waals surface area contributed by atoms with Gasteiger partial charge in [0.1, 0.15) is 0 Å². The van der Waals surface area contributed by atoms with Crippen LogP contribution in [0, 0.1) is 0 Å². The van der Waals surface area contributed by atoms with E-state index in [1.807, 2.05) is 0 Å². The maximum absolute atomic E-state index is 11.2. The summed E-state index contributed by atoms with van der Waals surface area (Å²) in [6.07, 6.45) is 3.46. The van der Waals surface area contributed by atoms with E-state index in [0.717, 1.165) is 12.2 Å². The zero-order valence-electron chi connectivity index (χ0n) is 11.2. The Bertz CT molecular complexity index is 373. The lowest BCUT2D eigenvalue weighted by molar-refractivity contribution is -0.139. The monoisotopic (exact) mass is 269 g/mol. The van der Waals surface area contributed by atoms with Crippen LogP contribution in [0.5, 0.6) is 0 Å². The van der Waals surface area contributed by atoms with Crippen molar-refractivity contribution in [2.24, 2.45) is 0 Å². The second-order valence-electron chi connectivity index (χ2n) is 3.77. The number of ether oxygens (including phenoxy) is 2. The maximum Gasteiger partial charge on any atom is 0.333 e. The average molecular weight is 269 g/mol. The van der Waals surface area contributed by atoms with E-state index in [1.165, 1.54) is 7.11 Å². The molecule has 0 saturated heterocycles. The van der Waals surface area contributed by atoms with Crippen LogP contribution in [0.3, 0.4) is 0 Å². The average Bonchev–Trinajstić information content (AvgIpc) is 2.39. The van der Waals surface area contributed by atoms with Gasteiger partial charge in [-0.15, -0.1) is 0 Å². The molecule has 0 saturated carbocycles. The number of nitrogens with one attached hydrogen (secondary N) is 1. The van der Waals surface area contributed by atoms with E-state index < -0.39 is 11.9 Å². The van der Waals surface area contributed by atoms with E-state index in [-0.39, 0.29) is 5.91 Å². The van der Waals surface area contributed by atoms with Crippen LogP contribution in [0.25, 0.3) is 0 Å². The van der Waals surface area contributed by atoms with Crippen molar-refractivity contribution in [3.63, 3.8) is 0 Å². The standard InChI is InChI=1S/C13H19NO5/c1-10(2)13(17)19-9-5-4-8-14-11(15)6-7-12(16)18-3/h6-7H,1,4-5,8-9H2,2-3H3,(H,14,15)/b7-6+. The minimum atomic E-state index is -0.582. The minimum absolute atomic E-state index is 0.291. The van der Waals surface area contributed by atoms with Crippen molar-refractivity contribution in [2.45, 2.75) is 19.8 Å². The lowest BCUT2D eigenvalue weighted by Gasteiger charge is -2.04. The first kappa shape index (κ1) is 16.9. The molecule has 0 aliphatic carbocycles. The van der Waals surface area contributed by atoms with Gasteiger partial charge in [-0.25, -0.2) is 9.59 Å². The molecule has 106 valence electrons. The summed E-state index contributed by atoms with van der Waals surface area (Å²) >= 11 is 0. The molecule has 0 atom stereocenters. The Morgan fingerprint density at radius 2 is 1.89 bits per heavy atom. The molecule has 0 rings (SSSR count). The summed E-state index contributed by atoms with van der Waals surface area (Å²) in [5, 5.41) is 2.58. The molecule has 0 radical (unpaired) electrons. The van der Waals surface area contributed by atoms with E-state index in [9.17, 15) is 14.4 Å². The van der Waals surface area contributed by atoms with Gasteiger partial charge in [-0.2, -0.15) is 0 Å². The molecule has 0 aromatic carbocycles. The summed E-state index contributed by atoms with van der Waals surface area (Å²) in [7, 11) is 1.23. The molecular weight excluding hydrogens is 250 g/mol. The fourth-order valence-corrected chi connectivity index (χ4v) is 0.997. The molecule has 1 N–H and O–H groups in total. The third-order valence-corrected chi connectivity index (χ3v) is 2.02. The summed E-state index contributed by atoms with van der Waals surface area (Å²) in [5.41, 5.74) is 0.362. The molecule has 0 aromatic heterocycles. The van der Waals surface area contributed by atoms with Gasteiger partial charge in [0.2, 0.25) is 5.91 Å². The van der Waals surface area contributed by atoms with Crippen LogP contribution in [0.15, 0.2) is 24.3 Å². The topological polar surface area (TPSA) is 81.7 Å². The predicted molar refractivity (Wildman–Crippen MR) is 69.2 cm³/mol. The smallest absolute Gasteiger partial charge is 0.333 e. The van der Waals surface area contributed by atoms with E-state index in [1.54, 1.807) is 6.92 Å². The molecule has 6 nitrogen and oxygen atoms in total. The highest BCUT2D eigenvalue weighted by atomic mass is 16.5. The summed E-state index contributed by atoms with van der Waals surface area (Å²) in [4.78, 5) is 32.9. The van der Waals surface area contributed by atoms with E-state index >= 15 is 0 Å². The maximum atomic E-state index is 11.2. The van der Waals surface area contributed by atoms with Crippen molar-refractivity contribution in [1.82, 2.24) is 5.32 Å². The van der Waals surface area contributed by atoms with Crippen LogP contribution in [0.1, 0.15) is 19.8 Å². The zero-order valence-corrected chi connectivity index (χ0v) is 11.2. The fraction of sp³-hybridized carbons (Fsp3) is 0.462. The van der Waals surface area contributed by atoms with Crippen LogP contribution in [0.2, 0.25) is 0 Å². The van der Waals surface area contributed by atoms with Gasteiger partial charge in [-0.3, -0.25) is 4.79 Å². The lowest BCUT2D eigenvalue weighted by Crippen LogP contribution is -2.22. The van der Waals surface area contributed by atoms with Crippen LogP contribution in [0.4, 0.5) is 0 Å². The Labute approximate surface area is 112 Å². The second kappa shape index (κ2) is 9.87. The van der Waals surface area contributed by atoms with Crippen molar-refractivity contribution in [3.05, 3.63) is 24.3 Å². The van der Waals surface area contributed by atoms with Crippen molar-refractivity contribution >= 4 is 17.8 Å². The molecule has 6 heteroatoms. The van der Waals surface area contributed by atoms with Gasteiger partial charge in [0.25, 0.3) is 0 Å². The SMILES string of the molecule is C=C(C)C(=O)OCCCCNC(=O)/C=C/C(=O)OC. The third kappa shape index (κ3) is 9.58. The highest BCUT2D eigenvalue weighted by Gasteiger charge is 2.02. The largest absolute Gasteiger partial charge is 0.466 e. The van der Waals surface area contributed by atoms with Crippen molar-refractivity contribution in [2.75, 3.05) is 20.3 Å². The summed E-state index contributed by atoms with van der Waals surface area (Å²) < 4.78 is 9.22. The molecule has 0 aliphatic heterocycles. The number of carbonyl (C=O) groups excluding carboxylic acids is 3. The number of methoxy groups -OCH3 is 1. The van der Waals surface area contributed by atoms with Crippen molar-refractivity contribution < 1.29 is 23.9 Å². The summed E-state index contributed by atoms with van der Waals surface area (Å²) in [6.45, 7) is 5.77. The minimum Gasteiger partial charge on any atom is -0.466 e. The Balaban J connectivity index is 3.57. The Hall–Kier alpha value is -2.11. The number of hydrogen-bond acceptors (Lipinski definition) is 5. The van der Waals surface area contributed by atoms with E-state index in [0.29, 0.717) is 31.6 Å². The predicted octanol–water partition coefficient (Wildman–Crippen LogP) is 0.731. The molecule has 0 spiro atoms. The van der Waals surface area contributed by atoms with Gasteiger partial charge < -0.3 is 14.8 Å². The van der Waals surface area contributed by atoms with Gasteiger partial charge in [0.05, 0.1) is 13.7 Å². The zero-order chi connectivity index (χ0) is 14.7. The van der Waals surface area contributed by atoms with Crippen LogP contribution >= 0.6 is 0 Å². The Morgan fingerprint density at radius 3 is 2.47 bits per heavy atom. The van der Waals surface area contributed by atoms with E-state index in [4.69, 9.17) is 4.74 Å². The molecule has 0 heterocycles. The third-order valence-electron chi connectivity index (χ3n) is 2.02. The number of unbranched alkanes of at least 4 members (excludes halogenated alkanes) is 1. The molecule has 1 amide bonds. The van der Waals surface area contributed by atoms with Crippen molar-refractivity contribution in [3.8, 4) is 0 Å². The number of rotatable bonds is 8. The molecule has 19 heavy (non-hydrogen) atoms. The summed E-state index contributed by atoms with van der Waals surface area (Å²) in [5.74, 6) is -1.36. The number of hydrogen-bond donors (Lipinski definition) is 1. The van der Waals surface area contributed by atoms with Gasteiger partial charge in [-0.05, 0) is 19.8 Å². The first-order valence-electron chi connectivity index (χ1n) is 5.84.